The van der Waals surface area contributed by atoms with Crippen LogP contribution in [0.25, 0.3) is 10.6 Å². The Morgan fingerprint density at radius 2 is 1.77 bits per heavy atom. The van der Waals surface area contributed by atoms with E-state index in [1.54, 1.807) is 29.6 Å². The third-order valence-electron chi connectivity index (χ3n) is 4.95. The maximum Gasteiger partial charge on any atom is 0.416 e. The van der Waals surface area contributed by atoms with Crippen molar-refractivity contribution in [3.63, 3.8) is 0 Å². The molecule has 0 atom stereocenters. The molecule has 4 aromatic rings. The summed E-state index contributed by atoms with van der Waals surface area (Å²) in [5.74, 6) is -1.40. The Bertz CT molecular complexity index is 1340. The minimum absolute atomic E-state index is 0.0705. The number of alkyl halides is 3. The number of hydrogen-bond acceptors (Lipinski definition) is 4. The second-order valence-corrected chi connectivity index (χ2v) is 8.33. The van der Waals surface area contributed by atoms with Crippen LogP contribution in [0.4, 0.5) is 22.0 Å². The molecule has 0 fully saturated rings. The average Bonchev–Trinajstić information content (AvgIpc) is 3.32. The van der Waals surface area contributed by atoms with Crippen molar-refractivity contribution < 1.29 is 31.5 Å². The van der Waals surface area contributed by atoms with Crippen LogP contribution < -0.4 is 10.1 Å². The van der Waals surface area contributed by atoms with Gasteiger partial charge in [0, 0.05) is 29.1 Å². The van der Waals surface area contributed by atoms with Crippen LogP contribution in [0.3, 0.4) is 0 Å². The van der Waals surface area contributed by atoms with Gasteiger partial charge in [-0.05, 0) is 54.1 Å². The van der Waals surface area contributed by atoms with Gasteiger partial charge in [0.2, 0.25) is 0 Å². The summed E-state index contributed by atoms with van der Waals surface area (Å²) >= 11 is 1.23. The van der Waals surface area contributed by atoms with Gasteiger partial charge in [-0.2, -0.15) is 13.2 Å². The summed E-state index contributed by atoms with van der Waals surface area (Å²) < 4.78 is 70.8. The Balaban J connectivity index is 1.35. The largest absolute Gasteiger partial charge is 0.489 e. The Morgan fingerprint density at radius 3 is 2.49 bits per heavy atom. The monoisotopic (exact) mass is 504 g/mol. The first-order valence-corrected chi connectivity index (χ1v) is 11.1. The number of nitrogens with one attached hydrogen (secondary N) is 1. The van der Waals surface area contributed by atoms with Crippen molar-refractivity contribution in [2.24, 2.45) is 0 Å². The zero-order valence-corrected chi connectivity index (χ0v) is 18.7. The first-order valence-electron chi connectivity index (χ1n) is 10.3. The van der Waals surface area contributed by atoms with Gasteiger partial charge >= 0.3 is 6.18 Å². The van der Waals surface area contributed by atoms with Gasteiger partial charge in [-0.15, -0.1) is 11.3 Å². The number of amides is 1. The maximum absolute atomic E-state index is 13.7. The van der Waals surface area contributed by atoms with Crippen molar-refractivity contribution >= 4 is 17.2 Å². The maximum atomic E-state index is 13.7. The van der Waals surface area contributed by atoms with E-state index in [0.29, 0.717) is 21.9 Å². The van der Waals surface area contributed by atoms with Gasteiger partial charge in [-0.3, -0.25) is 4.79 Å². The summed E-state index contributed by atoms with van der Waals surface area (Å²) in [6, 6.07) is 14.8. The molecule has 0 radical (unpaired) electrons. The molecule has 180 valence electrons. The molecule has 0 saturated heterocycles. The fourth-order valence-electron chi connectivity index (χ4n) is 3.13. The van der Waals surface area contributed by atoms with Crippen LogP contribution in [0, 0.1) is 11.6 Å². The lowest BCUT2D eigenvalue weighted by Crippen LogP contribution is -2.23. The van der Waals surface area contributed by atoms with Crippen LogP contribution in [-0.2, 0) is 19.3 Å². The van der Waals surface area contributed by atoms with Crippen molar-refractivity contribution in [2.75, 3.05) is 0 Å². The molecule has 4 nitrogen and oxygen atoms in total. The molecule has 3 aromatic carbocycles. The SMILES string of the molecule is O=C(NCc1cccc(C(F)(F)F)c1)c1csc(-c2ccc(OCc3ccc(F)cc3F)cc2)n1. The molecule has 0 bridgehead atoms. The molecule has 0 aliphatic carbocycles. The Labute approximate surface area is 201 Å². The first-order chi connectivity index (χ1) is 16.7. The molecule has 35 heavy (non-hydrogen) atoms. The van der Waals surface area contributed by atoms with Gasteiger partial charge in [0.1, 0.15) is 34.7 Å². The molecule has 0 saturated carbocycles. The standard InChI is InChI=1S/C25H17F5N2O2S/c26-19-7-4-17(21(27)11-19)13-34-20-8-5-16(6-9-20)24-32-22(14-35-24)23(33)31-12-15-2-1-3-18(10-15)25(28,29)30/h1-11,14H,12-13H2,(H,31,33). The molecular formula is C25H17F5N2O2S. The number of ether oxygens (including phenoxy) is 1. The lowest BCUT2D eigenvalue weighted by molar-refractivity contribution is -0.137. The van der Waals surface area contributed by atoms with Crippen LogP contribution in [0.2, 0.25) is 0 Å². The second kappa shape index (κ2) is 10.2. The van der Waals surface area contributed by atoms with Gasteiger partial charge in [-0.1, -0.05) is 12.1 Å². The van der Waals surface area contributed by atoms with E-state index in [1.807, 2.05) is 0 Å². The fourth-order valence-corrected chi connectivity index (χ4v) is 3.94. The van der Waals surface area contributed by atoms with Crippen LogP contribution in [0.1, 0.15) is 27.2 Å². The van der Waals surface area contributed by atoms with E-state index < -0.39 is 29.3 Å². The minimum atomic E-state index is -4.46. The number of halogens is 5. The predicted molar refractivity (Wildman–Crippen MR) is 121 cm³/mol. The number of aromatic nitrogens is 1. The van der Waals surface area contributed by atoms with Crippen molar-refractivity contribution in [1.29, 1.82) is 0 Å². The molecule has 1 N–H and O–H groups in total. The van der Waals surface area contributed by atoms with Crippen LogP contribution in [-0.4, -0.2) is 10.9 Å². The first kappa shape index (κ1) is 24.3. The quantitative estimate of drug-likeness (QED) is 0.288. The molecule has 4 rings (SSSR count). The normalized spacial score (nSPS) is 11.3. The van der Waals surface area contributed by atoms with Gasteiger partial charge in [0.25, 0.3) is 5.91 Å². The Morgan fingerprint density at radius 1 is 1.00 bits per heavy atom. The van der Waals surface area contributed by atoms with Crippen LogP contribution >= 0.6 is 11.3 Å². The molecule has 1 heterocycles. The number of hydrogen-bond donors (Lipinski definition) is 1. The zero-order valence-electron chi connectivity index (χ0n) is 17.9. The van der Waals surface area contributed by atoms with Crippen molar-refractivity contribution in [3.05, 3.63) is 106 Å². The van der Waals surface area contributed by atoms with Crippen molar-refractivity contribution in [2.45, 2.75) is 19.3 Å². The van der Waals surface area contributed by atoms with E-state index in [0.717, 1.165) is 24.3 Å². The average molecular weight is 504 g/mol. The number of benzene rings is 3. The summed E-state index contributed by atoms with van der Waals surface area (Å²) in [5.41, 5.74) is 0.614. The van der Waals surface area contributed by atoms with Gasteiger partial charge in [0.15, 0.2) is 0 Å². The van der Waals surface area contributed by atoms with Gasteiger partial charge in [0.05, 0.1) is 5.56 Å². The summed E-state index contributed by atoms with van der Waals surface area (Å²) in [5, 5.41) is 4.69. The number of nitrogens with zero attached hydrogens (tertiary/aromatic N) is 1. The highest BCUT2D eigenvalue weighted by Crippen LogP contribution is 2.30. The summed E-state index contributed by atoms with van der Waals surface area (Å²) in [4.78, 5) is 16.7. The molecule has 0 unspecified atom stereocenters. The minimum Gasteiger partial charge on any atom is -0.489 e. The highest BCUT2D eigenvalue weighted by Gasteiger charge is 2.30. The fraction of sp³-hybridized carbons (Fsp3) is 0.120. The number of carbonyl (C=O) groups is 1. The van der Waals surface area contributed by atoms with Gasteiger partial charge < -0.3 is 10.1 Å². The molecule has 0 aliphatic rings. The molecule has 0 aliphatic heterocycles. The second-order valence-electron chi connectivity index (χ2n) is 7.47. The number of carbonyl (C=O) groups excluding carboxylic acids is 1. The zero-order chi connectivity index (χ0) is 25.0. The molecule has 10 heteroatoms. The topological polar surface area (TPSA) is 51.2 Å². The smallest absolute Gasteiger partial charge is 0.416 e. The third-order valence-corrected chi connectivity index (χ3v) is 5.85. The highest BCUT2D eigenvalue weighted by molar-refractivity contribution is 7.13. The van der Waals surface area contributed by atoms with Crippen molar-refractivity contribution in [3.8, 4) is 16.3 Å². The Hall–Kier alpha value is -3.79. The van der Waals surface area contributed by atoms with E-state index in [9.17, 15) is 26.7 Å². The Kier molecular flexibility index (Phi) is 7.11. The highest BCUT2D eigenvalue weighted by atomic mass is 32.1. The molecular weight excluding hydrogens is 487 g/mol. The number of rotatable bonds is 7. The lowest BCUT2D eigenvalue weighted by Gasteiger charge is -2.09. The van der Waals surface area contributed by atoms with E-state index in [1.165, 1.54) is 29.5 Å². The third kappa shape index (κ3) is 6.21. The molecule has 0 spiro atoms. The van der Waals surface area contributed by atoms with E-state index in [2.05, 4.69) is 10.3 Å². The summed E-state index contributed by atoms with van der Waals surface area (Å²) in [6.07, 6.45) is -4.46. The molecule has 1 aromatic heterocycles. The lowest BCUT2D eigenvalue weighted by atomic mass is 10.1. The summed E-state index contributed by atoms with van der Waals surface area (Å²) in [6.45, 7) is -0.144. The van der Waals surface area contributed by atoms with Gasteiger partial charge in [-0.25, -0.2) is 13.8 Å². The van der Waals surface area contributed by atoms with Crippen LogP contribution in [0.15, 0.2) is 72.1 Å². The van der Waals surface area contributed by atoms with Crippen LogP contribution in [0.5, 0.6) is 5.75 Å². The predicted octanol–water partition coefficient (Wildman–Crippen LogP) is 6.62. The van der Waals surface area contributed by atoms with Crippen molar-refractivity contribution in [1.82, 2.24) is 10.3 Å². The summed E-state index contributed by atoms with van der Waals surface area (Å²) in [7, 11) is 0. The molecule has 1 amide bonds. The number of thiazole rings is 1. The van der Waals surface area contributed by atoms with E-state index in [4.69, 9.17) is 4.74 Å². The van der Waals surface area contributed by atoms with E-state index in [-0.39, 0.29) is 24.4 Å². The van der Waals surface area contributed by atoms with E-state index >= 15 is 0 Å².